The van der Waals surface area contributed by atoms with E-state index in [9.17, 15) is 10.4 Å². The molecule has 0 aliphatic heterocycles. The number of anilines is 2. The summed E-state index contributed by atoms with van der Waals surface area (Å²) in [6.07, 6.45) is 5.11. The van der Waals surface area contributed by atoms with Gasteiger partial charge >= 0.3 is 0 Å². The first kappa shape index (κ1) is 18.3. The molecular weight excluding hydrogens is 392 g/mol. The summed E-state index contributed by atoms with van der Waals surface area (Å²) in [5.74, 6) is 1.42. The molecule has 1 atom stereocenters. The van der Waals surface area contributed by atoms with Crippen molar-refractivity contribution in [3.8, 4) is 5.75 Å². The average Bonchev–Trinajstić information content (AvgIpc) is 3.31. The molecule has 0 fully saturated rings. The first-order valence-corrected chi connectivity index (χ1v) is 10.2. The van der Waals surface area contributed by atoms with Gasteiger partial charge in [0.25, 0.3) is 0 Å². The van der Waals surface area contributed by atoms with E-state index in [1.165, 1.54) is 6.33 Å². The molecule has 29 heavy (non-hydrogen) atoms. The van der Waals surface area contributed by atoms with Gasteiger partial charge in [-0.05, 0) is 37.8 Å². The monoisotopic (exact) mass is 411 g/mol. The molecule has 0 amide bonds. The van der Waals surface area contributed by atoms with Crippen molar-refractivity contribution < 1.29 is 9.94 Å². The van der Waals surface area contributed by atoms with Crippen molar-refractivity contribution in [1.82, 2.24) is 25.4 Å². The van der Waals surface area contributed by atoms with Crippen LogP contribution in [0.5, 0.6) is 5.75 Å². The van der Waals surface area contributed by atoms with Crippen molar-refractivity contribution in [1.29, 1.82) is 0 Å². The van der Waals surface area contributed by atoms with Gasteiger partial charge in [-0.15, -0.1) is 11.3 Å². The summed E-state index contributed by atoms with van der Waals surface area (Å²) in [4.78, 5) is 10.9. The number of hydrogen-bond acceptors (Lipinski definition) is 9. The Bertz CT molecular complexity index is 1190. The van der Waals surface area contributed by atoms with Crippen molar-refractivity contribution in [2.45, 2.75) is 32.2 Å². The minimum Gasteiger partial charge on any atom is -0.762 e. The lowest BCUT2D eigenvalue weighted by Crippen LogP contribution is -2.32. The molecule has 0 bridgehead atoms. The Morgan fingerprint density at radius 3 is 3.14 bits per heavy atom. The normalized spacial score (nSPS) is 16.5. The van der Waals surface area contributed by atoms with Gasteiger partial charge in [0.1, 0.15) is 22.7 Å². The van der Waals surface area contributed by atoms with Gasteiger partial charge in [-0.2, -0.15) is 5.10 Å². The highest BCUT2D eigenvalue weighted by Gasteiger charge is 2.26. The molecule has 1 aliphatic rings. The van der Waals surface area contributed by atoms with Crippen LogP contribution in [0.1, 0.15) is 23.8 Å². The van der Waals surface area contributed by atoms with Crippen LogP contribution in [-0.2, 0) is 12.8 Å². The summed E-state index contributed by atoms with van der Waals surface area (Å²) in [7, 11) is 0. The van der Waals surface area contributed by atoms with Crippen molar-refractivity contribution in [2.24, 2.45) is 0 Å². The second-order valence-corrected chi connectivity index (χ2v) is 8.05. The Morgan fingerprint density at radius 2 is 2.31 bits per heavy atom. The van der Waals surface area contributed by atoms with Crippen molar-refractivity contribution in [2.75, 3.05) is 11.9 Å². The van der Waals surface area contributed by atoms with Gasteiger partial charge in [-0.1, -0.05) is 0 Å². The Labute approximate surface area is 169 Å². The van der Waals surface area contributed by atoms with Crippen LogP contribution in [0.2, 0.25) is 0 Å². The minimum absolute atomic E-state index is 0.0761. The maximum atomic E-state index is 11.3. The fourth-order valence-electron chi connectivity index (χ4n) is 3.85. The van der Waals surface area contributed by atoms with Gasteiger partial charge in [0.2, 0.25) is 0 Å². The van der Waals surface area contributed by atoms with Crippen LogP contribution in [-0.4, -0.2) is 43.2 Å². The second kappa shape index (κ2) is 7.23. The van der Waals surface area contributed by atoms with E-state index in [4.69, 9.17) is 4.74 Å². The Hall–Kier alpha value is -2.79. The number of aromatic nitrogens is 4. The molecule has 1 unspecified atom stereocenters. The summed E-state index contributed by atoms with van der Waals surface area (Å²) < 4.78 is 5.81. The molecule has 0 saturated heterocycles. The van der Waals surface area contributed by atoms with Crippen molar-refractivity contribution in [3.63, 3.8) is 0 Å². The number of hydrogen-bond donors (Lipinski definition) is 3. The second-order valence-electron chi connectivity index (χ2n) is 6.97. The number of ether oxygens (including phenoxy) is 1. The fourth-order valence-corrected chi connectivity index (χ4v) is 5.11. The van der Waals surface area contributed by atoms with Gasteiger partial charge in [0.05, 0.1) is 29.4 Å². The van der Waals surface area contributed by atoms with Gasteiger partial charge in [0, 0.05) is 22.4 Å². The Balaban J connectivity index is 1.58. The van der Waals surface area contributed by atoms with Crippen LogP contribution in [0, 0.1) is 5.21 Å². The molecule has 3 heterocycles. The van der Waals surface area contributed by atoms with E-state index in [1.54, 1.807) is 17.5 Å². The van der Waals surface area contributed by atoms with E-state index < -0.39 is 6.04 Å². The number of fused-ring (bicyclic) bond motifs is 4. The number of aryl methyl sites for hydroxylation is 1. The molecule has 0 spiro atoms. The van der Waals surface area contributed by atoms with Crippen molar-refractivity contribution in [3.05, 3.63) is 40.3 Å². The van der Waals surface area contributed by atoms with Crippen LogP contribution in [0.3, 0.4) is 0 Å². The van der Waals surface area contributed by atoms with Crippen molar-refractivity contribution >= 4 is 44.0 Å². The first-order valence-electron chi connectivity index (χ1n) is 9.41. The molecule has 150 valence electrons. The highest BCUT2D eigenvalue weighted by molar-refractivity contribution is 7.19. The van der Waals surface area contributed by atoms with E-state index in [2.05, 4.69) is 25.5 Å². The van der Waals surface area contributed by atoms with Crippen LogP contribution in [0.4, 0.5) is 11.5 Å². The predicted octanol–water partition coefficient (Wildman–Crippen LogP) is 3.76. The van der Waals surface area contributed by atoms with Gasteiger partial charge in [-0.3, -0.25) is 10.3 Å². The maximum Gasteiger partial charge on any atom is 0.144 e. The largest absolute Gasteiger partial charge is 0.762 e. The zero-order valence-corrected chi connectivity index (χ0v) is 16.5. The van der Waals surface area contributed by atoms with Crippen LogP contribution >= 0.6 is 11.3 Å². The molecule has 1 aromatic carbocycles. The van der Waals surface area contributed by atoms with Crippen LogP contribution < -0.4 is 10.1 Å². The number of nitrogens with zero attached hydrogens (tertiary/aromatic N) is 4. The number of nitrogens with one attached hydrogen (secondary N) is 2. The number of benzene rings is 1. The zero-order valence-electron chi connectivity index (χ0n) is 15.7. The molecule has 5 rings (SSSR count). The molecule has 3 N–H and O–H groups in total. The van der Waals surface area contributed by atoms with E-state index in [0.29, 0.717) is 37.4 Å². The smallest absolute Gasteiger partial charge is 0.144 e. The highest BCUT2D eigenvalue weighted by Crippen LogP contribution is 2.41. The number of aromatic amines is 1. The lowest BCUT2D eigenvalue weighted by atomic mass is 9.93. The summed E-state index contributed by atoms with van der Waals surface area (Å²) >= 11 is 1.55. The zero-order chi connectivity index (χ0) is 20.0. The average molecular weight is 411 g/mol. The Morgan fingerprint density at radius 1 is 1.41 bits per heavy atom. The minimum atomic E-state index is -0.409. The van der Waals surface area contributed by atoms with E-state index in [1.807, 2.05) is 19.1 Å². The number of H-pyrrole nitrogens is 1. The third-order valence-electron chi connectivity index (χ3n) is 5.22. The standard InChI is InChI=1S/C19H19N6O3S/c1-2-28-15-7-13-10(8-22-24-13)5-14(15)23-18-17-12-4-3-11(25(26)27)6-16(12)29-19(17)21-9-20-18/h5,7-9,11,26H,2-4,6H2,1H3,(H,22,24)(H,20,21,23)/q-1. The van der Waals surface area contributed by atoms with Crippen LogP contribution in [0.15, 0.2) is 24.7 Å². The number of hydroxylamine groups is 2. The van der Waals surface area contributed by atoms with Gasteiger partial charge in [-0.25, -0.2) is 9.97 Å². The molecule has 9 nitrogen and oxygen atoms in total. The number of thiophene rings is 1. The van der Waals surface area contributed by atoms with Gasteiger partial charge in [0.15, 0.2) is 0 Å². The first-order chi connectivity index (χ1) is 14.1. The topological polar surface area (TPSA) is 122 Å². The Kier molecular flexibility index (Phi) is 4.55. The molecular formula is C19H19N6O3S-. The lowest BCUT2D eigenvalue weighted by Gasteiger charge is -2.33. The van der Waals surface area contributed by atoms with E-state index in [0.717, 1.165) is 37.2 Å². The van der Waals surface area contributed by atoms with E-state index >= 15 is 0 Å². The highest BCUT2D eigenvalue weighted by atomic mass is 32.1. The molecule has 3 aromatic heterocycles. The van der Waals surface area contributed by atoms with Crippen LogP contribution in [0.25, 0.3) is 21.1 Å². The number of rotatable bonds is 5. The fraction of sp³-hybridized carbons (Fsp3) is 0.316. The SMILES string of the molecule is CCOc1cc2[nH]ncc2cc1Nc1ncnc2sc3c(c12)CCC(N([O-])O)C3. The quantitative estimate of drug-likeness (QED) is 0.424. The summed E-state index contributed by atoms with van der Waals surface area (Å²) in [6.45, 7) is 2.48. The third kappa shape index (κ3) is 3.19. The summed E-state index contributed by atoms with van der Waals surface area (Å²) in [5, 5.41) is 33.1. The molecule has 0 radical (unpaired) electrons. The van der Waals surface area contributed by atoms with Gasteiger partial charge < -0.3 is 20.5 Å². The lowest BCUT2D eigenvalue weighted by molar-refractivity contribution is -0.0818. The maximum absolute atomic E-state index is 11.3. The molecule has 4 aromatic rings. The molecule has 1 aliphatic carbocycles. The predicted molar refractivity (Wildman–Crippen MR) is 111 cm³/mol. The van der Waals surface area contributed by atoms with E-state index in [-0.39, 0.29) is 5.23 Å². The third-order valence-corrected chi connectivity index (χ3v) is 6.39. The summed E-state index contributed by atoms with van der Waals surface area (Å²) in [6, 6.07) is 3.49. The molecule has 0 saturated carbocycles. The summed E-state index contributed by atoms with van der Waals surface area (Å²) in [5.41, 5.74) is 2.85. The molecule has 10 heteroatoms.